The van der Waals surface area contributed by atoms with Crippen molar-refractivity contribution in [1.29, 1.82) is 0 Å². The van der Waals surface area contributed by atoms with Crippen molar-refractivity contribution in [3.63, 3.8) is 0 Å². The van der Waals surface area contributed by atoms with Crippen molar-refractivity contribution in [3.8, 4) is 0 Å². The van der Waals surface area contributed by atoms with Crippen molar-refractivity contribution in [3.05, 3.63) is 11.6 Å². The van der Waals surface area contributed by atoms with Gasteiger partial charge in [0.1, 0.15) is 11.6 Å². The number of rotatable bonds is 4. The summed E-state index contributed by atoms with van der Waals surface area (Å²) in [5, 5.41) is 12.0. The van der Waals surface area contributed by atoms with E-state index in [2.05, 4.69) is 33.9 Å². The van der Waals surface area contributed by atoms with Gasteiger partial charge in [0.2, 0.25) is 0 Å². The van der Waals surface area contributed by atoms with Crippen LogP contribution in [0.5, 0.6) is 0 Å². The molecule has 0 saturated heterocycles. The van der Waals surface area contributed by atoms with Crippen LogP contribution in [0.2, 0.25) is 0 Å². The normalized spacial score (nSPS) is 20.3. The van der Waals surface area contributed by atoms with Crippen LogP contribution in [0.25, 0.3) is 0 Å². The second-order valence-electron chi connectivity index (χ2n) is 4.26. The minimum atomic E-state index is 0.353. The standard InChI is InChI=1S/C11H20N4/c1-3-4-5-6-10-13-14-11-9(2)12-7-8-15(10)11/h9,12H,3-8H2,1-2H3. The number of fused-ring (bicyclic) bond motifs is 1. The van der Waals surface area contributed by atoms with E-state index in [0.29, 0.717) is 6.04 Å². The van der Waals surface area contributed by atoms with Crippen LogP contribution in [0, 0.1) is 0 Å². The molecule has 0 aromatic carbocycles. The lowest BCUT2D eigenvalue weighted by molar-refractivity contribution is 0.428. The molecule has 15 heavy (non-hydrogen) atoms. The molecular weight excluding hydrogens is 188 g/mol. The van der Waals surface area contributed by atoms with Gasteiger partial charge >= 0.3 is 0 Å². The van der Waals surface area contributed by atoms with Crippen molar-refractivity contribution in [2.24, 2.45) is 0 Å². The van der Waals surface area contributed by atoms with Crippen LogP contribution in [0.3, 0.4) is 0 Å². The fraction of sp³-hybridized carbons (Fsp3) is 0.818. The first-order chi connectivity index (χ1) is 7.33. The number of nitrogens with zero attached hydrogens (tertiary/aromatic N) is 3. The predicted octanol–water partition coefficient (Wildman–Crippen LogP) is 1.68. The van der Waals surface area contributed by atoms with E-state index in [4.69, 9.17) is 0 Å². The third-order valence-electron chi connectivity index (χ3n) is 3.03. The maximum absolute atomic E-state index is 4.29. The molecule has 1 atom stereocenters. The van der Waals surface area contributed by atoms with Crippen LogP contribution in [0.4, 0.5) is 0 Å². The summed E-state index contributed by atoms with van der Waals surface area (Å²) in [7, 11) is 0. The van der Waals surface area contributed by atoms with Crippen molar-refractivity contribution < 1.29 is 0 Å². The molecule has 1 aromatic heterocycles. The number of nitrogens with one attached hydrogen (secondary N) is 1. The number of hydrogen-bond acceptors (Lipinski definition) is 3. The molecule has 1 unspecified atom stereocenters. The molecule has 0 amide bonds. The summed E-state index contributed by atoms with van der Waals surface area (Å²) in [4.78, 5) is 0. The van der Waals surface area contributed by atoms with Crippen LogP contribution in [-0.2, 0) is 13.0 Å². The lowest BCUT2D eigenvalue weighted by Gasteiger charge is -2.21. The monoisotopic (exact) mass is 208 g/mol. The first-order valence-corrected chi connectivity index (χ1v) is 5.98. The molecule has 1 N–H and O–H groups in total. The molecule has 0 aliphatic carbocycles. The average molecular weight is 208 g/mol. The summed E-state index contributed by atoms with van der Waals surface area (Å²) in [6, 6.07) is 0.353. The van der Waals surface area contributed by atoms with Crippen molar-refractivity contribution in [2.75, 3.05) is 6.54 Å². The Morgan fingerprint density at radius 1 is 1.40 bits per heavy atom. The summed E-state index contributed by atoms with van der Waals surface area (Å²) in [6.45, 7) is 6.43. The van der Waals surface area contributed by atoms with Gasteiger partial charge in [0, 0.05) is 19.5 Å². The molecule has 1 aromatic rings. The average Bonchev–Trinajstić information content (AvgIpc) is 2.64. The van der Waals surface area contributed by atoms with Gasteiger partial charge in [-0.1, -0.05) is 19.8 Å². The van der Waals surface area contributed by atoms with E-state index in [1.165, 1.54) is 25.1 Å². The van der Waals surface area contributed by atoms with Gasteiger partial charge in [-0.3, -0.25) is 0 Å². The van der Waals surface area contributed by atoms with Crippen LogP contribution in [-0.4, -0.2) is 21.3 Å². The Bertz CT molecular complexity index is 318. The van der Waals surface area contributed by atoms with Crippen molar-refractivity contribution >= 4 is 0 Å². The highest BCUT2D eigenvalue weighted by Gasteiger charge is 2.20. The van der Waals surface area contributed by atoms with Gasteiger partial charge in [0.25, 0.3) is 0 Å². The maximum atomic E-state index is 4.29. The molecule has 2 rings (SSSR count). The summed E-state index contributed by atoms with van der Waals surface area (Å²) < 4.78 is 2.29. The Hall–Kier alpha value is -0.900. The number of unbranched alkanes of at least 4 members (excludes halogenated alkanes) is 2. The largest absolute Gasteiger partial charge is 0.312 e. The van der Waals surface area contributed by atoms with Crippen LogP contribution < -0.4 is 5.32 Å². The van der Waals surface area contributed by atoms with Crippen LogP contribution in [0.1, 0.15) is 50.8 Å². The van der Waals surface area contributed by atoms with E-state index in [-0.39, 0.29) is 0 Å². The molecule has 84 valence electrons. The number of aryl methyl sites for hydroxylation is 1. The Morgan fingerprint density at radius 2 is 2.27 bits per heavy atom. The SMILES string of the molecule is CCCCCc1nnc2n1CCNC2C. The third kappa shape index (κ3) is 2.20. The Labute approximate surface area is 91.1 Å². The first-order valence-electron chi connectivity index (χ1n) is 5.98. The fourth-order valence-corrected chi connectivity index (χ4v) is 2.12. The van der Waals surface area contributed by atoms with E-state index in [9.17, 15) is 0 Å². The van der Waals surface area contributed by atoms with E-state index in [1.807, 2.05) is 0 Å². The summed E-state index contributed by atoms with van der Waals surface area (Å²) in [5.74, 6) is 2.28. The maximum Gasteiger partial charge on any atom is 0.149 e. The lowest BCUT2D eigenvalue weighted by atomic mass is 10.2. The zero-order chi connectivity index (χ0) is 10.7. The summed E-state index contributed by atoms with van der Waals surface area (Å²) in [5.41, 5.74) is 0. The van der Waals surface area contributed by atoms with E-state index in [1.54, 1.807) is 0 Å². The first kappa shape index (κ1) is 10.6. The second kappa shape index (κ2) is 4.75. The lowest BCUT2D eigenvalue weighted by Crippen LogP contribution is -2.32. The summed E-state index contributed by atoms with van der Waals surface area (Å²) in [6.07, 6.45) is 4.86. The highest BCUT2D eigenvalue weighted by atomic mass is 15.3. The van der Waals surface area contributed by atoms with Gasteiger partial charge in [0.15, 0.2) is 0 Å². The highest BCUT2D eigenvalue weighted by molar-refractivity contribution is 5.03. The molecule has 0 radical (unpaired) electrons. The van der Waals surface area contributed by atoms with Gasteiger partial charge in [-0.05, 0) is 13.3 Å². The second-order valence-corrected chi connectivity index (χ2v) is 4.26. The smallest absolute Gasteiger partial charge is 0.149 e. The molecule has 1 aliphatic heterocycles. The van der Waals surface area contributed by atoms with E-state index < -0.39 is 0 Å². The van der Waals surface area contributed by atoms with Crippen LogP contribution >= 0.6 is 0 Å². The van der Waals surface area contributed by atoms with Gasteiger partial charge in [-0.2, -0.15) is 0 Å². The minimum absolute atomic E-state index is 0.353. The molecule has 2 heterocycles. The molecule has 4 nitrogen and oxygen atoms in total. The highest BCUT2D eigenvalue weighted by Crippen LogP contribution is 2.16. The summed E-state index contributed by atoms with van der Waals surface area (Å²) >= 11 is 0. The molecule has 4 heteroatoms. The zero-order valence-electron chi connectivity index (χ0n) is 9.66. The molecule has 0 fully saturated rings. The molecule has 0 saturated carbocycles. The quantitative estimate of drug-likeness (QED) is 0.765. The molecule has 0 bridgehead atoms. The van der Waals surface area contributed by atoms with E-state index >= 15 is 0 Å². The molecular formula is C11H20N4. The van der Waals surface area contributed by atoms with E-state index in [0.717, 1.165) is 25.3 Å². The zero-order valence-corrected chi connectivity index (χ0v) is 9.66. The fourth-order valence-electron chi connectivity index (χ4n) is 2.12. The van der Waals surface area contributed by atoms with Crippen molar-refractivity contribution in [1.82, 2.24) is 20.1 Å². The topological polar surface area (TPSA) is 42.7 Å². The van der Waals surface area contributed by atoms with Gasteiger partial charge in [-0.15, -0.1) is 10.2 Å². The predicted molar refractivity (Wildman–Crippen MR) is 59.7 cm³/mol. The Kier molecular flexibility index (Phi) is 3.36. The van der Waals surface area contributed by atoms with Crippen molar-refractivity contribution in [2.45, 2.75) is 52.1 Å². The minimum Gasteiger partial charge on any atom is -0.312 e. The molecule has 0 spiro atoms. The number of hydrogen-bond donors (Lipinski definition) is 1. The molecule has 1 aliphatic rings. The van der Waals surface area contributed by atoms with Gasteiger partial charge < -0.3 is 9.88 Å². The number of aromatic nitrogens is 3. The van der Waals surface area contributed by atoms with Crippen LogP contribution in [0.15, 0.2) is 0 Å². The van der Waals surface area contributed by atoms with Gasteiger partial charge in [0.05, 0.1) is 6.04 Å². The third-order valence-corrected chi connectivity index (χ3v) is 3.03. The Morgan fingerprint density at radius 3 is 3.07 bits per heavy atom. The van der Waals surface area contributed by atoms with Gasteiger partial charge in [-0.25, -0.2) is 0 Å². The Balaban J connectivity index is 2.06.